The number of hydrogen-bond acceptors (Lipinski definition) is 4. The molecule has 0 spiro atoms. The van der Waals surface area contributed by atoms with Gasteiger partial charge in [-0.05, 0) is 31.9 Å². The van der Waals surface area contributed by atoms with Gasteiger partial charge in [0.1, 0.15) is 5.65 Å². The van der Waals surface area contributed by atoms with E-state index >= 15 is 0 Å². The van der Waals surface area contributed by atoms with Crippen molar-refractivity contribution in [2.75, 3.05) is 18.1 Å². The zero-order chi connectivity index (χ0) is 14.8. The van der Waals surface area contributed by atoms with Crippen molar-refractivity contribution in [3.05, 3.63) is 36.2 Å². The van der Waals surface area contributed by atoms with Crippen LogP contribution in [-0.2, 0) is 0 Å². The highest BCUT2D eigenvalue weighted by Crippen LogP contribution is 2.33. The molecule has 0 radical (unpaired) electrons. The van der Waals surface area contributed by atoms with Gasteiger partial charge < -0.3 is 20.4 Å². The number of H-pyrrole nitrogens is 1. The van der Waals surface area contributed by atoms with Crippen LogP contribution in [0.3, 0.4) is 0 Å². The lowest BCUT2D eigenvalue weighted by molar-refractivity contribution is 0.266. The fraction of sp³-hybridized carbons (Fsp3) is 0.375. The summed E-state index contributed by atoms with van der Waals surface area (Å²) in [5, 5.41) is 18.7. The van der Waals surface area contributed by atoms with Gasteiger partial charge in [0.2, 0.25) is 0 Å². The number of hydrogen-bond donors (Lipinski definition) is 3. The van der Waals surface area contributed by atoms with E-state index in [1.807, 2.05) is 25.3 Å². The van der Waals surface area contributed by atoms with Crippen molar-refractivity contribution in [1.29, 1.82) is 5.41 Å². The smallest absolute Gasteiger partial charge is 0.140 e. The summed E-state index contributed by atoms with van der Waals surface area (Å²) >= 11 is 0. The minimum absolute atomic E-state index is 0.161. The molecule has 5 heteroatoms. The van der Waals surface area contributed by atoms with Crippen molar-refractivity contribution in [3.8, 4) is 0 Å². The number of nitrogens with zero attached hydrogens (tertiary/aromatic N) is 2. The molecule has 1 aliphatic heterocycles. The van der Waals surface area contributed by atoms with Crippen LogP contribution < -0.4 is 4.90 Å². The summed E-state index contributed by atoms with van der Waals surface area (Å²) in [5.41, 5.74) is 3.18. The van der Waals surface area contributed by atoms with Gasteiger partial charge in [0, 0.05) is 24.5 Å². The second-order valence-electron chi connectivity index (χ2n) is 5.34. The summed E-state index contributed by atoms with van der Waals surface area (Å²) < 4.78 is 0. The first-order valence-electron chi connectivity index (χ1n) is 7.31. The number of pyridine rings is 1. The fourth-order valence-corrected chi connectivity index (χ4v) is 3.09. The van der Waals surface area contributed by atoms with E-state index in [1.54, 1.807) is 12.3 Å². The second kappa shape index (κ2) is 5.69. The number of fused-ring (bicyclic) bond motifs is 1. The van der Waals surface area contributed by atoms with Crippen LogP contribution >= 0.6 is 0 Å². The molecule has 2 aromatic heterocycles. The molecular formula is C16H20N4O. The minimum Gasteiger partial charge on any atom is -0.394 e. The average Bonchev–Trinajstić information content (AvgIpc) is 3.13. The molecule has 3 heterocycles. The molecule has 1 saturated heterocycles. The Morgan fingerprint density at radius 1 is 1.62 bits per heavy atom. The quantitative estimate of drug-likeness (QED) is 0.755. The Morgan fingerprint density at radius 3 is 3.24 bits per heavy atom. The van der Waals surface area contributed by atoms with Crippen LogP contribution in [-0.4, -0.2) is 40.0 Å². The molecule has 110 valence electrons. The standard InChI is InChI=1S/C16H20N4O/c1-2-4-13(17)12-9-19-16-15(12)14(6-7-18-16)20-8-3-5-11(20)10-21/h2,4,6-7,9,11,17,21H,3,5,8,10H2,1H3,(H,18,19). The van der Waals surface area contributed by atoms with E-state index in [2.05, 4.69) is 14.9 Å². The number of aromatic nitrogens is 2. The largest absolute Gasteiger partial charge is 0.394 e. The van der Waals surface area contributed by atoms with Gasteiger partial charge in [0.05, 0.1) is 29.4 Å². The second-order valence-corrected chi connectivity index (χ2v) is 5.34. The van der Waals surface area contributed by atoms with E-state index < -0.39 is 0 Å². The Bertz CT molecular complexity index is 689. The highest BCUT2D eigenvalue weighted by molar-refractivity contribution is 6.17. The maximum atomic E-state index is 9.56. The number of allylic oxidation sites excluding steroid dienone is 2. The van der Waals surface area contributed by atoms with Gasteiger partial charge in [-0.25, -0.2) is 4.98 Å². The molecule has 0 aliphatic carbocycles. The molecule has 5 nitrogen and oxygen atoms in total. The van der Waals surface area contributed by atoms with Crippen molar-refractivity contribution in [2.45, 2.75) is 25.8 Å². The highest BCUT2D eigenvalue weighted by atomic mass is 16.3. The van der Waals surface area contributed by atoms with E-state index in [1.165, 1.54) is 0 Å². The molecule has 0 amide bonds. The van der Waals surface area contributed by atoms with Crippen LogP contribution in [0.1, 0.15) is 25.3 Å². The first-order valence-corrected chi connectivity index (χ1v) is 7.31. The Morgan fingerprint density at radius 2 is 2.48 bits per heavy atom. The van der Waals surface area contributed by atoms with Crippen LogP contribution in [0, 0.1) is 5.41 Å². The third-order valence-corrected chi connectivity index (χ3v) is 4.07. The lowest BCUT2D eigenvalue weighted by Gasteiger charge is -2.26. The molecule has 0 aromatic carbocycles. The van der Waals surface area contributed by atoms with E-state index in [9.17, 15) is 5.11 Å². The monoisotopic (exact) mass is 284 g/mol. The molecule has 1 atom stereocenters. The zero-order valence-corrected chi connectivity index (χ0v) is 12.1. The Labute approximate surface area is 123 Å². The summed E-state index contributed by atoms with van der Waals surface area (Å²) in [6, 6.07) is 2.14. The van der Waals surface area contributed by atoms with Crippen molar-refractivity contribution in [2.24, 2.45) is 0 Å². The van der Waals surface area contributed by atoms with Gasteiger partial charge in [0.25, 0.3) is 0 Å². The van der Waals surface area contributed by atoms with Gasteiger partial charge >= 0.3 is 0 Å². The number of nitrogens with one attached hydrogen (secondary N) is 2. The molecule has 0 bridgehead atoms. The van der Waals surface area contributed by atoms with E-state index in [-0.39, 0.29) is 12.6 Å². The predicted molar refractivity (Wildman–Crippen MR) is 85.2 cm³/mol. The number of aliphatic hydroxyl groups is 1. The molecule has 1 fully saturated rings. The molecule has 1 aliphatic rings. The molecule has 3 rings (SSSR count). The molecule has 21 heavy (non-hydrogen) atoms. The number of rotatable bonds is 4. The normalized spacial score (nSPS) is 19.0. The SMILES string of the molecule is CC=CC(=N)c1c[nH]c2nccc(N3CCCC3CO)c12. The summed E-state index contributed by atoms with van der Waals surface area (Å²) in [6.07, 6.45) is 9.36. The first-order chi connectivity index (χ1) is 10.3. The van der Waals surface area contributed by atoms with Gasteiger partial charge in [-0.2, -0.15) is 0 Å². The van der Waals surface area contributed by atoms with Crippen LogP contribution in [0.2, 0.25) is 0 Å². The maximum absolute atomic E-state index is 9.56. The average molecular weight is 284 g/mol. The Kier molecular flexibility index (Phi) is 3.75. The van der Waals surface area contributed by atoms with E-state index in [0.29, 0.717) is 5.71 Å². The van der Waals surface area contributed by atoms with Gasteiger partial charge in [0.15, 0.2) is 0 Å². The Balaban J connectivity index is 2.14. The zero-order valence-electron chi connectivity index (χ0n) is 12.1. The lowest BCUT2D eigenvalue weighted by Crippen LogP contribution is -2.32. The van der Waals surface area contributed by atoms with Crippen LogP contribution in [0.15, 0.2) is 30.6 Å². The summed E-state index contributed by atoms with van der Waals surface area (Å²) in [6.45, 7) is 3.01. The summed E-state index contributed by atoms with van der Waals surface area (Å²) in [7, 11) is 0. The third kappa shape index (κ3) is 2.34. The first kappa shape index (κ1) is 13.8. The van der Waals surface area contributed by atoms with Crippen LogP contribution in [0.5, 0.6) is 0 Å². The molecule has 0 saturated carbocycles. The van der Waals surface area contributed by atoms with Gasteiger partial charge in [-0.3, -0.25) is 0 Å². The van der Waals surface area contributed by atoms with Gasteiger partial charge in [-0.1, -0.05) is 6.08 Å². The van der Waals surface area contributed by atoms with Crippen molar-refractivity contribution < 1.29 is 5.11 Å². The maximum Gasteiger partial charge on any atom is 0.140 e. The molecular weight excluding hydrogens is 264 g/mol. The molecule has 1 unspecified atom stereocenters. The van der Waals surface area contributed by atoms with Crippen LogP contribution in [0.25, 0.3) is 11.0 Å². The highest BCUT2D eigenvalue weighted by Gasteiger charge is 2.26. The lowest BCUT2D eigenvalue weighted by atomic mass is 10.1. The number of anilines is 1. The Hall–Kier alpha value is -2.14. The molecule has 2 aromatic rings. The van der Waals surface area contributed by atoms with E-state index in [4.69, 9.17) is 5.41 Å². The van der Waals surface area contributed by atoms with Crippen molar-refractivity contribution in [3.63, 3.8) is 0 Å². The van der Waals surface area contributed by atoms with E-state index in [0.717, 1.165) is 41.7 Å². The van der Waals surface area contributed by atoms with Crippen molar-refractivity contribution >= 4 is 22.4 Å². The third-order valence-electron chi connectivity index (χ3n) is 4.07. The topological polar surface area (TPSA) is 76.0 Å². The fourth-order valence-electron chi connectivity index (χ4n) is 3.09. The minimum atomic E-state index is 0.161. The van der Waals surface area contributed by atoms with Gasteiger partial charge in [-0.15, -0.1) is 0 Å². The number of aromatic amines is 1. The predicted octanol–water partition coefficient (Wildman–Crippen LogP) is 2.47. The number of aliphatic hydroxyl groups excluding tert-OH is 1. The summed E-state index contributed by atoms with van der Waals surface area (Å²) in [5.74, 6) is 0. The van der Waals surface area contributed by atoms with Crippen molar-refractivity contribution in [1.82, 2.24) is 9.97 Å². The van der Waals surface area contributed by atoms with Crippen LogP contribution in [0.4, 0.5) is 5.69 Å². The molecule has 3 N–H and O–H groups in total. The summed E-state index contributed by atoms with van der Waals surface area (Å²) in [4.78, 5) is 9.75.